The summed E-state index contributed by atoms with van der Waals surface area (Å²) in [6.45, 7) is 4.66. The molecule has 3 aromatic carbocycles. The molecule has 35 heavy (non-hydrogen) atoms. The number of benzene rings is 3. The van der Waals surface area contributed by atoms with Crippen molar-refractivity contribution in [1.29, 1.82) is 0 Å². The van der Waals surface area contributed by atoms with Crippen LogP contribution in [0.3, 0.4) is 0 Å². The van der Waals surface area contributed by atoms with Crippen molar-refractivity contribution in [3.8, 4) is 11.5 Å². The number of hydrogen-bond donors (Lipinski definition) is 2. The summed E-state index contributed by atoms with van der Waals surface area (Å²) in [5.41, 5.74) is 3.15. The molecule has 1 aliphatic heterocycles. The number of esters is 1. The van der Waals surface area contributed by atoms with Crippen molar-refractivity contribution in [3.63, 3.8) is 0 Å². The van der Waals surface area contributed by atoms with Gasteiger partial charge in [0.05, 0.1) is 30.5 Å². The van der Waals surface area contributed by atoms with Gasteiger partial charge in [-0.15, -0.1) is 0 Å². The van der Waals surface area contributed by atoms with E-state index in [-0.39, 0.29) is 6.61 Å². The molecule has 7 heteroatoms. The molecule has 1 heterocycles. The second-order valence-electron chi connectivity index (χ2n) is 7.82. The fourth-order valence-electron chi connectivity index (χ4n) is 3.90. The lowest BCUT2D eigenvalue weighted by Crippen LogP contribution is -2.45. The van der Waals surface area contributed by atoms with E-state index in [9.17, 15) is 9.59 Å². The Kier molecular flexibility index (Phi) is 7.67. The minimum Gasteiger partial charge on any atom is -0.490 e. The van der Waals surface area contributed by atoms with Crippen LogP contribution in [0, 0.1) is 0 Å². The molecule has 0 saturated heterocycles. The predicted molar refractivity (Wildman–Crippen MR) is 133 cm³/mol. The Morgan fingerprint density at radius 3 is 2.26 bits per heavy atom. The maximum atomic E-state index is 13.1. The number of urea groups is 1. The van der Waals surface area contributed by atoms with E-state index in [0.29, 0.717) is 47.1 Å². The Balaban J connectivity index is 1.73. The van der Waals surface area contributed by atoms with E-state index in [4.69, 9.17) is 14.2 Å². The average Bonchev–Trinajstić information content (AvgIpc) is 2.89. The van der Waals surface area contributed by atoms with Crippen LogP contribution in [0.4, 0.5) is 4.79 Å². The topological polar surface area (TPSA) is 85.9 Å². The second-order valence-corrected chi connectivity index (χ2v) is 7.82. The van der Waals surface area contributed by atoms with Crippen LogP contribution < -0.4 is 20.1 Å². The largest absolute Gasteiger partial charge is 0.490 e. The summed E-state index contributed by atoms with van der Waals surface area (Å²) in [5.74, 6) is 0.592. The zero-order valence-electron chi connectivity index (χ0n) is 19.7. The summed E-state index contributed by atoms with van der Waals surface area (Å²) in [7, 11) is 0. The van der Waals surface area contributed by atoms with Crippen molar-refractivity contribution in [1.82, 2.24) is 10.6 Å². The van der Waals surface area contributed by atoms with Crippen LogP contribution >= 0.6 is 0 Å². The lowest BCUT2D eigenvalue weighted by Gasteiger charge is -2.30. The standard InChI is InChI=1S/C28H28N2O5/c1-3-33-23-17-21(15-16-22(23)35-18-19-11-7-5-8-12-19)26-24(27(31)34-4-2)25(29-28(32)30-26)20-13-9-6-10-14-20/h5-17,26H,3-4,18H2,1-2H3,(H2,29,30,32)/t26-/m0/s1. The molecule has 0 aromatic heterocycles. The van der Waals surface area contributed by atoms with Gasteiger partial charge in [0.2, 0.25) is 0 Å². The minimum atomic E-state index is -0.736. The van der Waals surface area contributed by atoms with Crippen molar-refractivity contribution in [2.75, 3.05) is 13.2 Å². The van der Waals surface area contributed by atoms with Crippen molar-refractivity contribution in [2.24, 2.45) is 0 Å². The molecule has 0 aliphatic carbocycles. The van der Waals surface area contributed by atoms with Crippen LogP contribution in [0.15, 0.2) is 84.4 Å². The highest BCUT2D eigenvalue weighted by Gasteiger charge is 2.34. The second kappa shape index (κ2) is 11.2. The lowest BCUT2D eigenvalue weighted by atomic mass is 9.92. The van der Waals surface area contributed by atoms with E-state index in [2.05, 4.69) is 10.6 Å². The van der Waals surface area contributed by atoms with E-state index in [0.717, 1.165) is 5.56 Å². The van der Waals surface area contributed by atoms with Crippen LogP contribution in [0.2, 0.25) is 0 Å². The Bertz CT molecular complexity index is 1210. The maximum Gasteiger partial charge on any atom is 0.338 e. The van der Waals surface area contributed by atoms with E-state index >= 15 is 0 Å². The number of amides is 2. The van der Waals surface area contributed by atoms with Gasteiger partial charge >= 0.3 is 12.0 Å². The molecule has 2 N–H and O–H groups in total. The number of carbonyl (C=O) groups is 2. The minimum absolute atomic E-state index is 0.210. The van der Waals surface area contributed by atoms with Crippen LogP contribution in [-0.2, 0) is 16.1 Å². The van der Waals surface area contributed by atoms with Gasteiger partial charge in [0.15, 0.2) is 11.5 Å². The highest BCUT2D eigenvalue weighted by Crippen LogP contribution is 2.37. The molecule has 0 bridgehead atoms. The Morgan fingerprint density at radius 2 is 1.57 bits per heavy atom. The van der Waals surface area contributed by atoms with Gasteiger partial charge in [0.1, 0.15) is 6.61 Å². The fraction of sp³-hybridized carbons (Fsp3) is 0.214. The molecule has 180 valence electrons. The molecule has 0 radical (unpaired) electrons. The third kappa shape index (κ3) is 5.63. The first-order chi connectivity index (χ1) is 17.1. The molecule has 1 atom stereocenters. The highest BCUT2D eigenvalue weighted by atomic mass is 16.5. The Hall–Kier alpha value is -4.26. The first-order valence-corrected chi connectivity index (χ1v) is 11.6. The molecule has 3 aromatic rings. The summed E-state index contributed by atoms with van der Waals surface area (Å²) in [5, 5.41) is 5.65. The smallest absolute Gasteiger partial charge is 0.338 e. The summed E-state index contributed by atoms with van der Waals surface area (Å²) in [6.07, 6.45) is 0. The van der Waals surface area contributed by atoms with Crippen molar-refractivity contribution in [2.45, 2.75) is 26.5 Å². The molecule has 7 nitrogen and oxygen atoms in total. The monoisotopic (exact) mass is 472 g/mol. The van der Waals surface area contributed by atoms with Crippen LogP contribution in [0.25, 0.3) is 5.70 Å². The molecule has 0 saturated carbocycles. The maximum absolute atomic E-state index is 13.1. The van der Waals surface area contributed by atoms with Gasteiger partial charge in [-0.25, -0.2) is 9.59 Å². The summed E-state index contributed by atoms with van der Waals surface area (Å²) < 4.78 is 17.2. The molecule has 0 spiro atoms. The first-order valence-electron chi connectivity index (χ1n) is 11.6. The fourth-order valence-corrected chi connectivity index (χ4v) is 3.90. The molecule has 4 rings (SSSR count). The van der Waals surface area contributed by atoms with Gasteiger partial charge in [0, 0.05) is 0 Å². The van der Waals surface area contributed by atoms with Crippen molar-refractivity contribution >= 4 is 17.7 Å². The summed E-state index contributed by atoms with van der Waals surface area (Å²) in [6, 6.07) is 23.3. The summed E-state index contributed by atoms with van der Waals surface area (Å²) in [4.78, 5) is 25.7. The third-order valence-corrected chi connectivity index (χ3v) is 5.47. The van der Waals surface area contributed by atoms with Crippen molar-refractivity contribution < 1.29 is 23.8 Å². The molecule has 0 unspecified atom stereocenters. The average molecular weight is 473 g/mol. The highest BCUT2D eigenvalue weighted by molar-refractivity contribution is 6.04. The van der Waals surface area contributed by atoms with Crippen LogP contribution in [0.5, 0.6) is 11.5 Å². The van der Waals surface area contributed by atoms with Gasteiger partial charge < -0.3 is 24.8 Å². The van der Waals surface area contributed by atoms with E-state index in [1.165, 1.54) is 0 Å². The normalized spacial score (nSPS) is 15.1. The molecule has 2 amide bonds. The predicted octanol–water partition coefficient (Wildman–Crippen LogP) is 4.99. The Labute approximate surface area is 204 Å². The SMILES string of the molecule is CCOC(=O)C1=C(c2ccccc2)NC(=O)N[C@H]1c1ccc(OCc2ccccc2)c(OCC)c1. The third-order valence-electron chi connectivity index (χ3n) is 5.47. The van der Waals surface area contributed by atoms with E-state index < -0.39 is 18.0 Å². The number of nitrogens with one attached hydrogen (secondary N) is 2. The molecule has 0 fully saturated rings. The van der Waals surface area contributed by atoms with Crippen molar-refractivity contribution in [3.05, 3.63) is 101 Å². The number of carbonyl (C=O) groups excluding carboxylic acids is 2. The van der Waals surface area contributed by atoms with Gasteiger partial charge in [0.25, 0.3) is 0 Å². The first kappa shape index (κ1) is 23.9. The van der Waals surface area contributed by atoms with E-state index in [1.807, 2.05) is 73.7 Å². The number of rotatable bonds is 9. The van der Waals surface area contributed by atoms with Gasteiger partial charge in [-0.05, 0) is 42.7 Å². The zero-order valence-corrected chi connectivity index (χ0v) is 19.7. The zero-order chi connectivity index (χ0) is 24.6. The van der Waals surface area contributed by atoms with Crippen LogP contribution in [-0.4, -0.2) is 25.2 Å². The summed E-state index contributed by atoms with van der Waals surface area (Å²) >= 11 is 0. The van der Waals surface area contributed by atoms with Gasteiger partial charge in [-0.2, -0.15) is 0 Å². The number of ether oxygens (including phenoxy) is 3. The molecule has 1 aliphatic rings. The Morgan fingerprint density at radius 1 is 0.857 bits per heavy atom. The quantitative estimate of drug-likeness (QED) is 0.429. The van der Waals surface area contributed by atoms with Crippen LogP contribution in [0.1, 0.15) is 36.6 Å². The lowest BCUT2D eigenvalue weighted by molar-refractivity contribution is -0.138. The van der Waals surface area contributed by atoms with Gasteiger partial charge in [-0.3, -0.25) is 0 Å². The van der Waals surface area contributed by atoms with E-state index in [1.54, 1.807) is 19.1 Å². The molecular formula is C28H28N2O5. The van der Waals surface area contributed by atoms with Gasteiger partial charge in [-0.1, -0.05) is 66.7 Å². The molecular weight excluding hydrogens is 444 g/mol. The number of hydrogen-bond acceptors (Lipinski definition) is 5.